The first kappa shape index (κ1) is 26.2. The van der Waals surface area contributed by atoms with Crippen LogP contribution in [0.15, 0.2) is 23.1 Å². The molecule has 0 unspecified atom stereocenters. The number of nitrogens with two attached hydrogens (primary N) is 1. The molecule has 0 aliphatic rings. The van der Waals surface area contributed by atoms with Gasteiger partial charge in [0.1, 0.15) is 12.1 Å². The summed E-state index contributed by atoms with van der Waals surface area (Å²) in [5.41, 5.74) is 4.09. The van der Waals surface area contributed by atoms with Gasteiger partial charge in [-0.1, -0.05) is 0 Å². The maximum absolute atomic E-state index is 12.5. The third-order valence-electron chi connectivity index (χ3n) is 3.85. The maximum atomic E-state index is 12.5. The Hall–Kier alpha value is -3.79. The van der Waals surface area contributed by atoms with Crippen molar-refractivity contribution in [1.29, 1.82) is 0 Å². The number of nitro groups is 2. The molecule has 0 bridgehead atoms. The van der Waals surface area contributed by atoms with Gasteiger partial charge in [0.05, 0.1) is 27.4 Å². The van der Waals surface area contributed by atoms with E-state index >= 15 is 0 Å². The van der Waals surface area contributed by atoms with E-state index in [-0.39, 0.29) is 10.6 Å². The number of carbonyl (C=O) groups is 4. The lowest BCUT2D eigenvalue weighted by molar-refractivity contribution is -0.396. The lowest BCUT2D eigenvalue weighted by Gasteiger charge is -2.21. The SMILES string of the molecule is NCC(=O)N[C@H](CSc1ccc([N+](=O)[O-])cc1[N+](=O)[O-])C(=O)N[C@@H](CCC(=O)O)C(=O)O. The zero-order valence-corrected chi connectivity index (χ0v) is 17.1. The number of aliphatic carboxylic acids is 2. The van der Waals surface area contributed by atoms with Crippen LogP contribution in [0.2, 0.25) is 0 Å². The summed E-state index contributed by atoms with van der Waals surface area (Å²) in [6.45, 7) is -0.506. The van der Waals surface area contributed by atoms with Gasteiger partial charge < -0.3 is 26.6 Å². The van der Waals surface area contributed by atoms with E-state index in [4.69, 9.17) is 10.8 Å². The molecule has 2 amide bonds. The van der Waals surface area contributed by atoms with Gasteiger partial charge in [-0.3, -0.25) is 34.6 Å². The molecule has 0 saturated carbocycles. The number of non-ortho nitro benzene ring substituents is 1. The van der Waals surface area contributed by atoms with Crippen molar-refractivity contribution < 1.29 is 39.2 Å². The molecular formula is C16H19N5O10S. The molecule has 6 N–H and O–H groups in total. The predicted molar refractivity (Wildman–Crippen MR) is 108 cm³/mol. The third-order valence-corrected chi connectivity index (χ3v) is 5.01. The molecule has 0 saturated heterocycles. The minimum atomic E-state index is -1.56. The number of carbonyl (C=O) groups excluding carboxylic acids is 2. The quantitative estimate of drug-likeness (QED) is 0.138. The largest absolute Gasteiger partial charge is 0.481 e. The molecule has 15 nitrogen and oxygen atoms in total. The fourth-order valence-corrected chi connectivity index (χ4v) is 3.32. The summed E-state index contributed by atoms with van der Waals surface area (Å²) in [4.78, 5) is 66.5. The number of nitro benzene ring substituents is 2. The van der Waals surface area contributed by atoms with Gasteiger partial charge in [-0.15, -0.1) is 11.8 Å². The summed E-state index contributed by atoms with van der Waals surface area (Å²) < 4.78 is 0. The number of benzene rings is 1. The molecule has 0 heterocycles. The Morgan fingerprint density at radius 1 is 1.06 bits per heavy atom. The van der Waals surface area contributed by atoms with E-state index in [1.807, 2.05) is 0 Å². The van der Waals surface area contributed by atoms with E-state index in [9.17, 15) is 44.5 Å². The summed E-state index contributed by atoms with van der Waals surface area (Å²) in [6.07, 6.45) is -0.963. The first-order chi connectivity index (χ1) is 15.0. The standard InChI is InChI=1S/C16H19N5O10S/c17-6-13(22)18-10(15(25)19-9(16(26)27)2-4-14(23)24)7-32-12-3-1-8(20(28)29)5-11(12)21(30)31/h1,3,5,9-10H,2,4,6-7,17H2,(H,18,22)(H,19,25)(H,23,24)(H,26,27)/t9-,10+/m0/s1. The highest BCUT2D eigenvalue weighted by Crippen LogP contribution is 2.32. The van der Waals surface area contributed by atoms with E-state index in [0.717, 1.165) is 18.2 Å². The zero-order valence-electron chi connectivity index (χ0n) is 16.3. The average Bonchev–Trinajstić information content (AvgIpc) is 2.72. The number of carboxylic acid groups (broad SMARTS) is 2. The third kappa shape index (κ3) is 8.15. The molecule has 1 rings (SSSR count). The highest BCUT2D eigenvalue weighted by atomic mass is 32.2. The molecule has 0 spiro atoms. The Morgan fingerprint density at radius 2 is 1.72 bits per heavy atom. The Bertz CT molecular complexity index is 924. The van der Waals surface area contributed by atoms with Crippen LogP contribution in [0.3, 0.4) is 0 Å². The summed E-state index contributed by atoms with van der Waals surface area (Å²) in [7, 11) is 0. The first-order valence-electron chi connectivity index (χ1n) is 8.76. The second kappa shape index (κ2) is 12.2. The van der Waals surface area contributed by atoms with Crippen molar-refractivity contribution in [1.82, 2.24) is 10.6 Å². The van der Waals surface area contributed by atoms with Crippen molar-refractivity contribution in [2.24, 2.45) is 5.73 Å². The topological polar surface area (TPSA) is 245 Å². The predicted octanol–water partition coefficient (Wildman–Crippen LogP) is -0.527. The number of amides is 2. The normalized spacial score (nSPS) is 12.3. The van der Waals surface area contributed by atoms with Gasteiger partial charge in [0.15, 0.2) is 0 Å². The summed E-state index contributed by atoms with van der Waals surface area (Å²) in [6, 6.07) is -0.0856. The molecule has 32 heavy (non-hydrogen) atoms. The molecule has 0 aliphatic carbocycles. The first-order valence-corrected chi connectivity index (χ1v) is 9.74. The minimum Gasteiger partial charge on any atom is -0.481 e. The number of thioether (sulfide) groups is 1. The number of nitrogens with one attached hydrogen (secondary N) is 2. The van der Waals surface area contributed by atoms with Crippen LogP contribution >= 0.6 is 11.8 Å². The van der Waals surface area contributed by atoms with Crippen LogP contribution in [0.5, 0.6) is 0 Å². The van der Waals surface area contributed by atoms with Gasteiger partial charge in [-0.2, -0.15) is 0 Å². The van der Waals surface area contributed by atoms with E-state index in [2.05, 4.69) is 10.6 Å². The molecule has 16 heteroatoms. The van der Waals surface area contributed by atoms with Crippen LogP contribution in [0, 0.1) is 20.2 Å². The number of hydrogen-bond acceptors (Lipinski definition) is 10. The average molecular weight is 473 g/mol. The van der Waals surface area contributed by atoms with Gasteiger partial charge >= 0.3 is 11.9 Å². The van der Waals surface area contributed by atoms with Gasteiger partial charge in [0, 0.05) is 18.2 Å². The zero-order chi connectivity index (χ0) is 24.4. The molecule has 0 aromatic heterocycles. The maximum Gasteiger partial charge on any atom is 0.326 e. The van der Waals surface area contributed by atoms with Crippen LogP contribution in [-0.2, 0) is 19.2 Å². The lowest BCUT2D eigenvalue weighted by atomic mass is 10.1. The molecule has 0 radical (unpaired) electrons. The molecule has 1 aromatic rings. The van der Waals surface area contributed by atoms with E-state index < -0.39 is 76.4 Å². The Kier molecular flexibility index (Phi) is 9.97. The number of nitrogens with zero attached hydrogens (tertiary/aromatic N) is 2. The second-order valence-corrected chi connectivity index (χ2v) is 7.20. The smallest absolute Gasteiger partial charge is 0.326 e. The van der Waals surface area contributed by atoms with Gasteiger partial charge in [-0.25, -0.2) is 4.79 Å². The summed E-state index contributed by atoms with van der Waals surface area (Å²) in [5, 5.41) is 44.3. The van der Waals surface area contributed by atoms with Gasteiger partial charge in [0.2, 0.25) is 11.8 Å². The van der Waals surface area contributed by atoms with Crippen molar-refractivity contribution in [2.45, 2.75) is 29.8 Å². The molecule has 0 aliphatic heterocycles. The number of carboxylic acids is 2. The molecule has 174 valence electrons. The van der Waals surface area contributed by atoms with Gasteiger partial charge in [0.25, 0.3) is 11.4 Å². The van der Waals surface area contributed by atoms with Crippen LogP contribution in [0.4, 0.5) is 11.4 Å². The van der Waals surface area contributed by atoms with E-state index in [0.29, 0.717) is 11.8 Å². The molecule has 0 fully saturated rings. The van der Waals surface area contributed by atoms with Crippen molar-refractivity contribution in [3.63, 3.8) is 0 Å². The van der Waals surface area contributed by atoms with Crippen molar-refractivity contribution in [3.8, 4) is 0 Å². The van der Waals surface area contributed by atoms with Crippen molar-refractivity contribution >= 4 is 46.9 Å². The monoisotopic (exact) mass is 473 g/mol. The Morgan fingerprint density at radius 3 is 2.22 bits per heavy atom. The van der Waals surface area contributed by atoms with Crippen molar-refractivity contribution in [3.05, 3.63) is 38.4 Å². The van der Waals surface area contributed by atoms with Crippen LogP contribution in [0.25, 0.3) is 0 Å². The Labute approximate surface area is 183 Å². The fraction of sp³-hybridized carbons (Fsp3) is 0.375. The van der Waals surface area contributed by atoms with Crippen LogP contribution in [-0.4, -0.2) is 68.2 Å². The Balaban J connectivity index is 3.05. The number of hydrogen-bond donors (Lipinski definition) is 5. The van der Waals surface area contributed by atoms with Crippen LogP contribution < -0.4 is 16.4 Å². The molecular weight excluding hydrogens is 454 g/mol. The second-order valence-electron chi connectivity index (χ2n) is 6.13. The van der Waals surface area contributed by atoms with Crippen LogP contribution in [0.1, 0.15) is 12.8 Å². The number of rotatable bonds is 13. The molecule has 1 aromatic carbocycles. The summed E-state index contributed by atoms with van der Waals surface area (Å²) in [5.74, 6) is -4.86. The minimum absolute atomic E-state index is 0.0407. The highest BCUT2D eigenvalue weighted by Gasteiger charge is 2.28. The van der Waals surface area contributed by atoms with E-state index in [1.165, 1.54) is 0 Å². The van der Waals surface area contributed by atoms with E-state index in [1.54, 1.807) is 0 Å². The van der Waals surface area contributed by atoms with Gasteiger partial charge in [-0.05, 0) is 12.5 Å². The lowest BCUT2D eigenvalue weighted by Crippen LogP contribution is -2.53. The van der Waals surface area contributed by atoms with Crippen molar-refractivity contribution in [2.75, 3.05) is 12.3 Å². The summed E-state index contributed by atoms with van der Waals surface area (Å²) >= 11 is 0.716. The fourth-order valence-electron chi connectivity index (χ4n) is 2.29. The molecule has 2 atom stereocenters. The highest BCUT2D eigenvalue weighted by molar-refractivity contribution is 7.99.